The van der Waals surface area contributed by atoms with Crippen LogP contribution in [0.3, 0.4) is 0 Å². The minimum absolute atomic E-state index is 0.201. The van der Waals surface area contributed by atoms with Gasteiger partial charge in [0.2, 0.25) is 0 Å². The highest BCUT2D eigenvalue weighted by atomic mass is 16.5. The molecule has 0 aromatic carbocycles. The molecule has 0 aliphatic carbocycles. The Morgan fingerprint density at radius 1 is 1.17 bits per heavy atom. The maximum Gasteiger partial charge on any atom is 0.327 e. The third kappa shape index (κ3) is 5.95. The van der Waals surface area contributed by atoms with Crippen LogP contribution in [0.4, 0.5) is 5.82 Å². The second-order valence-electron chi connectivity index (χ2n) is 8.23. The van der Waals surface area contributed by atoms with Gasteiger partial charge in [0.15, 0.2) is 11.5 Å². The van der Waals surface area contributed by atoms with Crippen molar-refractivity contribution in [2.45, 2.75) is 64.8 Å². The number of β-amino-alcohol motifs (C(OH)–C–C–N with tert-alkyl or cyclic N) is 1. The summed E-state index contributed by atoms with van der Waals surface area (Å²) in [6, 6.07) is 0.230. The fourth-order valence-corrected chi connectivity index (χ4v) is 4.13. The van der Waals surface area contributed by atoms with Gasteiger partial charge in [-0.15, -0.1) is 0 Å². The van der Waals surface area contributed by atoms with Crippen LogP contribution in [0.5, 0.6) is 6.01 Å². The molecule has 4 N–H and O–H groups in total. The number of aromatic nitrogens is 4. The molecule has 0 saturated carbocycles. The number of piperidine rings is 1. The molecule has 0 radical (unpaired) electrons. The first-order chi connectivity index (χ1) is 14.6. The average molecular weight is 421 g/mol. The van der Waals surface area contributed by atoms with Gasteiger partial charge in [0.1, 0.15) is 5.52 Å². The van der Waals surface area contributed by atoms with Gasteiger partial charge in [-0.1, -0.05) is 32.6 Å². The number of imidazole rings is 1. The number of nitrogen functional groups attached to an aromatic ring is 1. The van der Waals surface area contributed by atoms with Gasteiger partial charge in [-0.05, 0) is 44.7 Å². The zero-order valence-electron chi connectivity index (χ0n) is 18.1. The first-order valence-electron chi connectivity index (χ1n) is 11.3. The molecule has 0 amide bonds. The number of likely N-dealkylation sites (tertiary alicyclic amines) is 1. The zero-order valence-corrected chi connectivity index (χ0v) is 18.1. The van der Waals surface area contributed by atoms with Gasteiger partial charge in [0, 0.05) is 13.1 Å². The third-order valence-electron chi connectivity index (χ3n) is 5.98. The molecule has 0 spiro atoms. The van der Waals surface area contributed by atoms with Crippen molar-refractivity contribution >= 4 is 17.0 Å². The molecule has 0 bridgehead atoms. The number of nitrogens with zero attached hydrogens (tertiary/aromatic N) is 4. The number of aryl methyl sites for hydroxylation is 1. The zero-order chi connectivity index (χ0) is 21.3. The van der Waals surface area contributed by atoms with Crippen molar-refractivity contribution in [3.05, 3.63) is 10.5 Å². The van der Waals surface area contributed by atoms with E-state index < -0.39 is 0 Å². The summed E-state index contributed by atoms with van der Waals surface area (Å²) in [5.74, 6) is 1.03. The molecule has 0 atom stereocenters. The van der Waals surface area contributed by atoms with Crippen molar-refractivity contribution in [1.82, 2.24) is 24.4 Å². The quantitative estimate of drug-likeness (QED) is 0.450. The largest absolute Gasteiger partial charge is 0.463 e. The number of aliphatic hydroxyl groups excluding tert-OH is 1. The van der Waals surface area contributed by atoms with E-state index in [1.54, 1.807) is 4.57 Å². The normalized spacial score (nSPS) is 15.8. The van der Waals surface area contributed by atoms with Crippen molar-refractivity contribution in [3.8, 4) is 6.01 Å². The number of hydrogen-bond donors (Lipinski definition) is 3. The first kappa shape index (κ1) is 22.6. The van der Waals surface area contributed by atoms with E-state index in [2.05, 4.69) is 26.8 Å². The average Bonchev–Trinajstić information content (AvgIpc) is 3.05. The van der Waals surface area contributed by atoms with Crippen molar-refractivity contribution < 1.29 is 9.84 Å². The maximum atomic E-state index is 12.4. The Labute approximate surface area is 177 Å². The molecule has 0 unspecified atom stereocenters. The van der Waals surface area contributed by atoms with E-state index in [0.717, 1.165) is 51.2 Å². The van der Waals surface area contributed by atoms with E-state index in [-0.39, 0.29) is 24.1 Å². The topological polar surface area (TPSA) is 122 Å². The van der Waals surface area contributed by atoms with E-state index in [0.29, 0.717) is 24.3 Å². The maximum absolute atomic E-state index is 12.4. The first-order valence-corrected chi connectivity index (χ1v) is 11.3. The summed E-state index contributed by atoms with van der Waals surface area (Å²) in [5.41, 5.74) is 6.81. The standard InChI is InChI=1S/C21H36N6O3/c1-2-3-15-30-20-24-18(22)17-19(25-20)27(21(29)23-17)10-6-4-5-7-16-8-11-26(12-9-16)13-14-28/h16,28H,2-15H2,1H3,(H,23,29)(H2,22,24,25). The molecular weight excluding hydrogens is 384 g/mol. The van der Waals surface area contributed by atoms with Gasteiger partial charge in [0.25, 0.3) is 0 Å². The SMILES string of the molecule is CCCCOc1nc(N)c2[nH]c(=O)n(CCCCCC3CCN(CCO)CC3)c2n1. The Balaban J connectivity index is 1.48. The van der Waals surface area contributed by atoms with Crippen LogP contribution in [0.25, 0.3) is 11.2 Å². The molecule has 9 heteroatoms. The molecular formula is C21H36N6O3. The smallest absolute Gasteiger partial charge is 0.327 e. The highest BCUT2D eigenvalue weighted by Crippen LogP contribution is 2.23. The van der Waals surface area contributed by atoms with E-state index in [4.69, 9.17) is 15.6 Å². The van der Waals surface area contributed by atoms with E-state index >= 15 is 0 Å². The number of anilines is 1. The lowest BCUT2D eigenvalue weighted by Gasteiger charge is -2.31. The second kappa shape index (κ2) is 11.3. The number of aliphatic hydroxyl groups is 1. The molecule has 3 rings (SSSR count). The summed E-state index contributed by atoms with van der Waals surface area (Å²) in [7, 11) is 0. The van der Waals surface area contributed by atoms with Crippen LogP contribution in [0.15, 0.2) is 4.79 Å². The molecule has 30 heavy (non-hydrogen) atoms. The minimum atomic E-state index is -0.201. The second-order valence-corrected chi connectivity index (χ2v) is 8.23. The van der Waals surface area contributed by atoms with Crippen LogP contribution in [0, 0.1) is 5.92 Å². The molecule has 168 valence electrons. The lowest BCUT2D eigenvalue weighted by molar-refractivity contribution is 0.143. The highest BCUT2D eigenvalue weighted by Gasteiger charge is 2.18. The van der Waals surface area contributed by atoms with Gasteiger partial charge in [-0.3, -0.25) is 4.57 Å². The molecule has 2 aromatic rings. The monoisotopic (exact) mass is 420 g/mol. The molecule has 1 saturated heterocycles. The Hall–Kier alpha value is -2.13. The Morgan fingerprint density at radius 2 is 1.97 bits per heavy atom. The van der Waals surface area contributed by atoms with Gasteiger partial charge in [0.05, 0.1) is 13.2 Å². The Bertz CT molecular complexity index is 841. The molecule has 2 aromatic heterocycles. The van der Waals surface area contributed by atoms with E-state index in [1.807, 2.05) is 0 Å². The molecule has 1 aliphatic rings. The van der Waals surface area contributed by atoms with Crippen molar-refractivity contribution in [1.29, 1.82) is 0 Å². The van der Waals surface area contributed by atoms with Gasteiger partial charge in [-0.2, -0.15) is 9.97 Å². The van der Waals surface area contributed by atoms with Gasteiger partial charge < -0.3 is 25.5 Å². The number of fused-ring (bicyclic) bond motifs is 1. The Kier molecular flexibility index (Phi) is 8.50. The summed E-state index contributed by atoms with van der Waals surface area (Å²) < 4.78 is 7.23. The van der Waals surface area contributed by atoms with Crippen LogP contribution < -0.4 is 16.2 Å². The van der Waals surface area contributed by atoms with Crippen LogP contribution in [0.1, 0.15) is 58.3 Å². The lowest BCUT2D eigenvalue weighted by Crippen LogP contribution is -2.35. The number of unbranched alkanes of at least 4 members (excludes halogenated alkanes) is 3. The van der Waals surface area contributed by atoms with Gasteiger partial charge in [-0.25, -0.2) is 4.79 Å². The molecule has 9 nitrogen and oxygen atoms in total. The number of ether oxygens (including phenoxy) is 1. The third-order valence-corrected chi connectivity index (χ3v) is 5.98. The fourth-order valence-electron chi connectivity index (χ4n) is 4.13. The van der Waals surface area contributed by atoms with E-state index in [1.165, 1.54) is 25.7 Å². The fraction of sp³-hybridized carbons (Fsp3) is 0.762. The summed E-state index contributed by atoms with van der Waals surface area (Å²) in [6.07, 6.45) is 8.79. The summed E-state index contributed by atoms with van der Waals surface area (Å²) in [4.78, 5) is 26.1. The molecule has 3 heterocycles. The number of rotatable bonds is 12. The minimum Gasteiger partial charge on any atom is -0.463 e. The number of H-pyrrole nitrogens is 1. The number of nitrogens with two attached hydrogens (primary N) is 1. The summed E-state index contributed by atoms with van der Waals surface area (Å²) in [6.45, 7) is 6.48. The molecule has 1 fully saturated rings. The number of nitrogens with one attached hydrogen (secondary N) is 1. The van der Waals surface area contributed by atoms with Gasteiger partial charge >= 0.3 is 11.7 Å². The van der Waals surface area contributed by atoms with Crippen molar-refractivity contribution in [2.24, 2.45) is 5.92 Å². The summed E-state index contributed by atoms with van der Waals surface area (Å²) in [5, 5.41) is 9.04. The molecule has 1 aliphatic heterocycles. The number of hydrogen-bond acceptors (Lipinski definition) is 7. The van der Waals surface area contributed by atoms with Crippen LogP contribution in [0.2, 0.25) is 0 Å². The predicted octanol–water partition coefficient (Wildman–Crippen LogP) is 2.15. The summed E-state index contributed by atoms with van der Waals surface area (Å²) >= 11 is 0. The van der Waals surface area contributed by atoms with Crippen LogP contribution in [-0.2, 0) is 6.54 Å². The van der Waals surface area contributed by atoms with Crippen molar-refractivity contribution in [3.63, 3.8) is 0 Å². The number of aromatic amines is 1. The van der Waals surface area contributed by atoms with Crippen LogP contribution in [-0.4, -0.2) is 62.4 Å². The lowest BCUT2D eigenvalue weighted by atomic mass is 9.91. The van der Waals surface area contributed by atoms with Crippen molar-refractivity contribution in [2.75, 3.05) is 38.6 Å². The Morgan fingerprint density at radius 3 is 2.70 bits per heavy atom. The highest BCUT2D eigenvalue weighted by molar-refractivity contribution is 5.81. The van der Waals surface area contributed by atoms with Crippen LogP contribution >= 0.6 is 0 Å². The van der Waals surface area contributed by atoms with E-state index in [9.17, 15) is 4.79 Å². The predicted molar refractivity (Wildman–Crippen MR) is 118 cm³/mol.